The first-order valence-corrected chi connectivity index (χ1v) is 5.83. The van der Waals surface area contributed by atoms with Crippen LogP contribution in [0.15, 0.2) is 0 Å². The summed E-state index contributed by atoms with van der Waals surface area (Å²) in [7, 11) is 0. The van der Waals surface area contributed by atoms with Gasteiger partial charge in [-0.2, -0.15) is 0 Å². The Morgan fingerprint density at radius 1 is 1.21 bits per heavy atom. The van der Waals surface area contributed by atoms with Crippen molar-refractivity contribution in [3.63, 3.8) is 0 Å². The number of piperidine rings is 1. The molecule has 1 aliphatic heterocycles. The molecule has 0 amide bonds. The molecule has 1 heterocycles. The molecule has 0 unspecified atom stereocenters. The highest BCUT2D eigenvalue weighted by molar-refractivity contribution is 5.85. The van der Waals surface area contributed by atoms with Crippen LogP contribution in [0.2, 0.25) is 0 Å². The number of rotatable bonds is 3. The minimum absolute atomic E-state index is 0.180. The topological polar surface area (TPSA) is 20.3 Å². The van der Waals surface area contributed by atoms with Crippen molar-refractivity contribution in [1.82, 2.24) is 4.90 Å². The van der Waals surface area contributed by atoms with Crippen molar-refractivity contribution >= 4 is 5.78 Å². The summed E-state index contributed by atoms with van der Waals surface area (Å²) in [5.74, 6) is 0.609. The van der Waals surface area contributed by atoms with Gasteiger partial charge in [-0.05, 0) is 33.2 Å². The quantitative estimate of drug-likeness (QED) is 0.692. The van der Waals surface area contributed by atoms with Crippen molar-refractivity contribution in [3.8, 4) is 0 Å². The number of hydrogen-bond acceptors (Lipinski definition) is 2. The third kappa shape index (κ3) is 2.57. The predicted octanol–water partition coefficient (Wildman–Crippen LogP) is 2.47. The molecular weight excluding hydrogens is 174 g/mol. The second kappa shape index (κ2) is 4.92. The van der Waals surface area contributed by atoms with Gasteiger partial charge in [0, 0.05) is 12.0 Å². The van der Waals surface area contributed by atoms with Crippen LogP contribution in [0.1, 0.15) is 47.0 Å². The first kappa shape index (κ1) is 11.7. The first-order chi connectivity index (χ1) is 6.54. The Bertz CT molecular complexity index is 198. The number of carbonyl (C=O) groups excluding carboxylic acids is 1. The van der Waals surface area contributed by atoms with E-state index in [9.17, 15) is 4.79 Å². The van der Waals surface area contributed by atoms with Crippen molar-refractivity contribution in [3.05, 3.63) is 0 Å². The monoisotopic (exact) mass is 197 g/mol. The summed E-state index contributed by atoms with van der Waals surface area (Å²) in [6, 6.07) is 0.701. The predicted molar refractivity (Wildman–Crippen MR) is 59.3 cm³/mol. The number of hydrogen-bond donors (Lipinski definition) is 0. The van der Waals surface area contributed by atoms with Crippen LogP contribution in [-0.4, -0.2) is 29.3 Å². The fourth-order valence-corrected chi connectivity index (χ4v) is 2.26. The molecule has 0 aliphatic carbocycles. The molecule has 1 aliphatic rings. The van der Waals surface area contributed by atoms with Crippen molar-refractivity contribution < 1.29 is 4.79 Å². The molecule has 1 fully saturated rings. The van der Waals surface area contributed by atoms with Crippen LogP contribution in [0.5, 0.6) is 0 Å². The van der Waals surface area contributed by atoms with Crippen LogP contribution < -0.4 is 0 Å². The second-order valence-electron chi connectivity index (χ2n) is 4.90. The summed E-state index contributed by atoms with van der Waals surface area (Å²) in [6.07, 6.45) is 3.53. The van der Waals surface area contributed by atoms with Crippen molar-refractivity contribution in [2.24, 2.45) is 5.92 Å². The number of nitrogens with zero attached hydrogens (tertiary/aromatic N) is 1. The average molecular weight is 197 g/mol. The standard InChI is InChI=1S/C12H23NO/c1-9(2)12(14)11-7-5-6-8-13(11)10(3)4/h9-11H,5-8H2,1-4H3/t11-/m1/s1. The maximum Gasteiger partial charge on any atom is 0.152 e. The summed E-state index contributed by atoms with van der Waals surface area (Å²) in [5, 5.41) is 0. The number of carbonyl (C=O) groups is 1. The molecule has 0 spiro atoms. The molecule has 0 N–H and O–H groups in total. The van der Waals surface area contributed by atoms with Crippen LogP contribution in [0.4, 0.5) is 0 Å². The largest absolute Gasteiger partial charge is 0.298 e. The molecule has 0 radical (unpaired) electrons. The van der Waals surface area contributed by atoms with Gasteiger partial charge in [-0.15, -0.1) is 0 Å². The Morgan fingerprint density at radius 2 is 1.86 bits per heavy atom. The molecule has 0 aromatic carbocycles. The summed E-state index contributed by atoms with van der Waals surface area (Å²) in [6.45, 7) is 9.49. The Morgan fingerprint density at radius 3 is 2.36 bits per heavy atom. The van der Waals surface area contributed by atoms with Gasteiger partial charge in [0.05, 0.1) is 6.04 Å². The zero-order valence-electron chi connectivity index (χ0n) is 9.92. The first-order valence-electron chi connectivity index (χ1n) is 5.83. The van der Waals surface area contributed by atoms with E-state index >= 15 is 0 Å². The Hall–Kier alpha value is -0.370. The van der Waals surface area contributed by atoms with E-state index in [1.807, 2.05) is 13.8 Å². The second-order valence-corrected chi connectivity index (χ2v) is 4.90. The smallest absolute Gasteiger partial charge is 0.152 e. The number of Topliss-reactive ketones (excluding diaryl/α,β-unsaturated/α-hetero) is 1. The van der Waals surface area contributed by atoms with Crippen LogP contribution in [0, 0.1) is 5.92 Å². The fraction of sp³-hybridized carbons (Fsp3) is 0.917. The maximum absolute atomic E-state index is 12.0. The Balaban J connectivity index is 2.67. The molecule has 82 valence electrons. The zero-order chi connectivity index (χ0) is 10.7. The summed E-state index contributed by atoms with van der Waals surface area (Å²) < 4.78 is 0. The van der Waals surface area contributed by atoms with Crippen LogP contribution in [0.3, 0.4) is 0 Å². The normalized spacial score (nSPS) is 24.6. The van der Waals surface area contributed by atoms with E-state index in [1.165, 1.54) is 12.8 Å². The summed E-state index contributed by atoms with van der Waals surface area (Å²) in [4.78, 5) is 14.3. The molecule has 1 saturated heterocycles. The van der Waals surface area contributed by atoms with E-state index in [0.717, 1.165) is 13.0 Å². The van der Waals surface area contributed by atoms with Gasteiger partial charge in [-0.1, -0.05) is 20.3 Å². The number of likely N-dealkylation sites (tertiary alicyclic amines) is 1. The van der Waals surface area contributed by atoms with Gasteiger partial charge in [0.15, 0.2) is 5.78 Å². The van der Waals surface area contributed by atoms with Gasteiger partial charge in [0.2, 0.25) is 0 Å². The van der Waals surface area contributed by atoms with Gasteiger partial charge in [-0.25, -0.2) is 0 Å². The Labute approximate surface area is 87.7 Å². The highest BCUT2D eigenvalue weighted by Gasteiger charge is 2.30. The lowest BCUT2D eigenvalue weighted by molar-refractivity contribution is -0.129. The van der Waals surface area contributed by atoms with E-state index in [-0.39, 0.29) is 12.0 Å². The van der Waals surface area contributed by atoms with Gasteiger partial charge >= 0.3 is 0 Å². The van der Waals surface area contributed by atoms with E-state index in [2.05, 4.69) is 18.7 Å². The lowest BCUT2D eigenvalue weighted by atomic mass is 9.92. The number of ketones is 1. The maximum atomic E-state index is 12.0. The molecule has 0 bridgehead atoms. The molecule has 1 atom stereocenters. The molecule has 2 heteroatoms. The van der Waals surface area contributed by atoms with Gasteiger partial charge < -0.3 is 0 Å². The van der Waals surface area contributed by atoms with Gasteiger partial charge in [0.25, 0.3) is 0 Å². The van der Waals surface area contributed by atoms with Crippen molar-refractivity contribution in [2.75, 3.05) is 6.54 Å². The molecule has 0 saturated carbocycles. The van der Waals surface area contributed by atoms with E-state index < -0.39 is 0 Å². The van der Waals surface area contributed by atoms with Gasteiger partial charge in [-0.3, -0.25) is 9.69 Å². The van der Waals surface area contributed by atoms with E-state index in [4.69, 9.17) is 0 Å². The van der Waals surface area contributed by atoms with E-state index in [0.29, 0.717) is 11.8 Å². The third-order valence-corrected chi connectivity index (χ3v) is 3.10. The van der Waals surface area contributed by atoms with Crippen molar-refractivity contribution in [1.29, 1.82) is 0 Å². The third-order valence-electron chi connectivity index (χ3n) is 3.10. The minimum atomic E-state index is 0.180. The minimum Gasteiger partial charge on any atom is -0.298 e. The fourth-order valence-electron chi connectivity index (χ4n) is 2.26. The van der Waals surface area contributed by atoms with Crippen molar-refractivity contribution in [2.45, 2.75) is 59.0 Å². The highest BCUT2D eigenvalue weighted by Crippen LogP contribution is 2.22. The Kier molecular flexibility index (Phi) is 4.11. The lowest BCUT2D eigenvalue weighted by Crippen LogP contribution is -2.49. The molecule has 14 heavy (non-hydrogen) atoms. The molecule has 2 nitrogen and oxygen atoms in total. The summed E-state index contributed by atoms with van der Waals surface area (Å²) >= 11 is 0. The zero-order valence-corrected chi connectivity index (χ0v) is 9.92. The molecule has 1 rings (SSSR count). The van der Waals surface area contributed by atoms with Gasteiger partial charge in [0.1, 0.15) is 0 Å². The summed E-state index contributed by atoms with van der Waals surface area (Å²) in [5.41, 5.74) is 0. The average Bonchev–Trinajstić information content (AvgIpc) is 2.16. The van der Waals surface area contributed by atoms with Crippen LogP contribution in [-0.2, 0) is 4.79 Å². The van der Waals surface area contributed by atoms with Crippen LogP contribution in [0.25, 0.3) is 0 Å². The lowest BCUT2D eigenvalue weighted by Gasteiger charge is -2.38. The van der Waals surface area contributed by atoms with Crippen LogP contribution >= 0.6 is 0 Å². The molecule has 0 aromatic heterocycles. The van der Waals surface area contributed by atoms with E-state index in [1.54, 1.807) is 0 Å². The SMILES string of the molecule is CC(C)C(=O)[C@H]1CCCCN1C(C)C. The molecular formula is C12H23NO. The highest BCUT2D eigenvalue weighted by atomic mass is 16.1. The molecule has 0 aromatic rings.